The van der Waals surface area contributed by atoms with E-state index in [1.807, 2.05) is 41.9 Å². The molecule has 0 saturated heterocycles. The zero-order valence-corrected chi connectivity index (χ0v) is 13.0. The van der Waals surface area contributed by atoms with Crippen molar-refractivity contribution in [1.29, 1.82) is 0 Å². The predicted molar refractivity (Wildman–Crippen MR) is 83.4 cm³/mol. The molecule has 3 amide bonds. The second-order valence-corrected chi connectivity index (χ2v) is 5.06. The van der Waals surface area contributed by atoms with Crippen LogP contribution in [0, 0.1) is 0 Å². The number of urea groups is 1. The predicted octanol–water partition coefficient (Wildman–Crippen LogP) is 0.946. The number of hydrogen-bond donors (Lipinski definition) is 2. The molecular formula is C14H14N4O4S. The van der Waals surface area contributed by atoms with Gasteiger partial charge in [-0.1, -0.05) is 30.0 Å². The van der Waals surface area contributed by atoms with Gasteiger partial charge in [-0.2, -0.15) is 0 Å². The van der Waals surface area contributed by atoms with Crippen molar-refractivity contribution in [3.8, 4) is 5.69 Å². The van der Waals surface area contributed by atoms with E-state index >= 15 is 0 Å². The first-order chi connectivity index (χ1) is 11.0. The van der Waals surface area contributed by atoms with Gasteiger partial charge in [0.2, 0.25) is 0 Å². The highest BCUT2D eigenvalue weighted by molar-refractivity contribution is 7.98. The third kappa shape index (κ3) is 4.10. The first-order valence-electron chi connectivity index (χ1n) is 6.46. The van der Waals surface area contributed by atoms with Gasteiger partial charge in [-0.15, -0.1) is 0 Å². The van der Waals surface area contributed by atoms with Crippen molar-refractivity contribution in [2.45, 2.75) is 5.16 Å². The maximum Gasteiger partial charge on any atom is 0.357 e. The molecule has 2 aromatic rings. The molecule has 120 valence electrons. The van der Waals surface area contributed by atoms with Crippen LogP contribution >= 0.6 is 11.8 Å². The number of thioether (sulfide) groups is 1. The van der Waals surface area contributed by atoms with E-state index in [-0.39, 0.29) is 5.69 Å². The van der Waals surface area contributed by atoms with Crippen LogP contribution < -0.4 is 11.1 Å². The van der Waals surface area contributed by atoms with Gasteiger partial charge in [0, 0.05) is 5.69 Å². The number of nitrogens with two attached hydrogens (primary N) is 1. The fraction of sp³-hybridized carbons (Fsp3) is 0.143. The minimum absolute atomic E-state index is 0.174. The maximum absolute atomic E-state index is 12.2. The van der Waals surface area contributed by atoms with E-state index in [4.69, 9.17) is 10.5 Å². The zero-order valence-electron chi connectivity index (χ0n) is 12.2. The fourth-order valence-corrected chi connectivity index (χ4v) is 2.37. The first-order valence-corrected chi connectivity index (χ1v) is 7.69. The molecule has 0 aliphatic rings. The van der Waals surface area contributed by atoms with Crippen molar-refractivity contribution in [2.24, 2.45) is 5.73 Å². The fourth-order valence-electron chi connectivity index (χ4n) is 1.83. The van der Waals surface area contributed by atoms with Crippen LogP contribution in [0.2, 0.25) is 0 Å². The molecular weight excluding hydrogens is 320 g/mol. The van der Waals surface area contributed by atoms with Crippen LogP contribution in [0.15, 0.2) is 41.7 Å². The molecule has 1 aromatic heterocycles. The number of primary amides is 1. The van der Waals surface area contributed by atoms with Gasteiger partial charge in [-0.05, 0) is 18.4 Å². The largest absolute Gasteiger partial charge is 0.451 e. The van der Waals surface area contributed by atoms with Crippen molar-refractivity contribution >= 4 is 29.7 Å². The number of aromatic nitrogens is 2. The Morgan fingerprint density at radius 1 is 1.30 bits per heavy atom. The Bertz CT molecular complexity index is 730. The Labute approximate surface area is 136 Å². The lowest BCUT2D eigenvalue weighted by Crippen LogP contribution is -2.37. The summed E-state index contributed by atoms with van der Waals surface area (Å²) in [5.74, 6) is -1.54. The molecule has 1 heterocycles. The van der Waals surface area contributed by atoms with Crippen LogP contribution in [-0.4, -0.2) is 40.3 Å². The Morgan fingerprint density at radius 2 is 2.00 bits per heavy atom. The van der Waals surface area contributed by atoms with Crippen molar-refractivity contribution in [1.82, 2.24) is 14.9 Å². The van der Waals surface area contributed by atoms with Crippen molar-refractivity contribution in [3.63, 3.8) is 0 Å². The monoisotopic (exact) mass is 334 g/mol. The number of nitrogens with one attached hydrogen (secondary N) is 1. The second kappa shape index (κ2) is 7.45. The van der Waals surface area contributed by atoms with Crippen LogP contribution in [0.25, 0.3) is 5.69 Å². The molecule has 0 unspecified atom stereocenters. The molecule has 0 aliphatic heterocycles. The molecule has 0 saturated carbocycles. The van der Waals surface area contributed by atoms with Crippen molar-refractivity contribution < 1.29 is 19.1 Å². The number of carbonyl (C=O) groups excluding carboxylic acids is 3. The smallest absolute Gasteiger partial charge is 0.357 e. The standard InChI is InChI=1S/C14H14N4O4S/c1-23-14-16-7-10(18(14)9-5-3-2-4-6-9)12(20)22-8-11(19)17-13(15)21/h2-7H,8H2,1H3,(H3,15,17,19,21). The third-order valence-corrected chi connectivity index (χ3v) is 3.39. The quantitative estimate of drug-likeness (QED) is 0.621. The van der Waals surface area contributed by atoms with Crippen LogP contribution in [0.1, 0.15) is 10.5 Å². The zero-order chi connectivity index (χ0) is 16.8. The number of amides is 3. The minimum atomic E-state index is -1.01. The van der Waals surface area contributed by atoms with Gasteiger partial charge in [-0.3, -0.25) is 14.7 Å². The van der Waals surface area contributed by atoms with Gasteiger partial charge >= 0.3 is 12.0 Å². The van der Waals surface area contributed by atoms with E-state index in [0.717, 1.165) is 5.69 Å². The van der Waals surface area contributed by atoms with E-state index in [1.165, 1.54) is 18.0 Å². The van der Waals surface area contributed by atoms with Crippen LogP contribution in [0.3, 0.4) is 0 Å². The molecule has 0 bridgehead atoms. The first kappa shape index (κ1) is 16.6. The highest BCUT2D eigenvalue weighted by Gasteiger charge is 2.20. The number of imidazole rings is 1. The Balaban J connectivity index is 2.20. The van der Waals surface area contributed by atoms with Crippen molar-refractivity contribution in [2.75, 3.05) is 12.9 Å². The maximum atomic E-state index is 12.2. The number of imide groups is 1. The molecule has 23 heavy (non-hydrogen) atoms. The lowest BCUT2D eigenvalue weighted by atomic mass is 10.3. The van der Waals surface area contributed by atoms with Gasteiger partial charge in [0.25, 0.3) is 5.91 Å². The number of nitrogens with zero attached hydrogens (tertiary/aromatic N) is 2. The molecule has 2 rings (SSSR count). The molecule has 0 atom stereocenters. The van der Waals surface area contributed by atoms with Gasteiger partial charge in [-0.25, -0.2) is 14.6 Å². The average molecular weight is 334 g/mol. The summed E-state index contributed by atoms with van der Waals surface area (Å²) in [6, 6.07) is 8.13. The number of rotatable bonds is 5. The minimum Gasteiger partial charge on any atom is -0.451 e. The molecule has 1 aromatic carbocycles. The summed E-state index contributed by atoms with van der Waals surface area (Å²) in [6.07, 6.45) is 3.20. The number of hydrogen-bond acceptors (Lipinski definition) is 6. The Kier molecular flexibility index (Phi) is 5.36. The lowest BCUT2D eigenvalue weighted by molar-refractivity contribution is -0.123. The van der Waals surface area contributed by atoms with Crippen molar-refractivity contribution in [3.05, 3.63) is 42.2 Å². The number of esters is 1. The SMILES string of the molecule is CSc1ncc(C(=O)OCC(=O)NC(N)=O)n1-c1ccccc1. The Morgan fingerprint density at radius 3 is 2.61 bits per heavy atom. The summed E-state index contributed by atoms with van der Waals surface area (Å²) in [5.41, 5.74) is 5.72. The molecule has 0 fully saturated rings. The van der Waals surface area contributed by atoms with Crippen LogP contribution in [0.4, 0.5) is 4.79 Å². The van der Waals surface area contributed by atoms with Gasteiger partial charge in [0.05, 0.1) is 6.20 Å². The third-order valence-electron chi connectivity index (χ3n) is 2.73. The number of benzene rings is 1. The summed E-state index contributed by atoms with van der Waals surface area (Å²) in [6.45, 7) is -0.615. The van der Waals surface area contributed by atoms with Crippen LogP contribution in [-0.2, 0) is 9.53 Å². The average Bonchev–Trinajstić information content (AvgIpc) is 2.96. The molecule has 0 aliphatic carbocycles. The summed E-state index contributed by atoms with van der Waals surface area (Å²) in [5, 5.41) is 2.41. The normalized spacial score (nSPS) is 10.1. The summed E-state index contributed by atoms with van der Waals surface area (Å²) >= 11 is 1.36. The van der Waals surface area contributed by atoms with Gasteiger partial charge in [0.15, 0.2) is 17.5 Å². The molecule has 3 N–H and O–H groups in total. The van der Waals surface area contributed by atoms with E-state index in [2.05, 4.69) is 4.98 Å². The number of para-hydroxylation sites is 1. The lowest BCUT2D eigenvalue weighted by Gasteiger charge is -2.10. The number of ether oxygens (including phenoxy) is 1. The second-order valence-electron chi connectivity index (χ2n) is 4.29. The highest BCUT2D eigenvalue weighted by Crippen LogP contribution is 2.22. The van der Waals surface area contributed by atoms with E-state index in [0.29, 0.717) is 5.16 Å². The number of carbonyl (C=O) groups is 3. The van der Waals surface area contributed by atoms with E-state index < -0.39 is 24.5 Å². The molecule has 8 nitrogen and oxygen atoms in total. The van der Waals surface area contributed by atoms with E-state index in [1.54, 1.807) is 4.57 Å². The molecule has 9 heteroatoms. The van der Waals surface area contributed by atoms with E-state index in [9.17, 15) is 14.4 Å². The van der Waals surface area contributed by atoms with Gasteiger partial charge in [0.1, 0.15) is 0 Å². The van der Waals surface area contributed by atoms with Gasteiger partial charge < -0.3 is 10.5 Å². The van der Waals surface area contributed by atoms with Crippen LogP contribution in [0.5, 0.6) is 0 Å². The topological polar surface area (TPSA) is 116 Å². The summed E-state index contributed by atoms with van der Waals surface area (Å²) in [4.78, 5) is 38.2. The summed E-state index contributed by atoms with van der Waals surface area (Å²) in [7, 11) is 0. The molecule has 0 radical (unpaired) electrons. The summed E-state index contributed by atoms with van der Waals surface area (Å²) < 4.78 is 6.51. The highest BCUT2D eigenvalue weighted by atomic mass is 32.2. The Hall–Kier alpha value is -2.81. The molecule has 0 spiro atoms.